The van der Waals surface area contributed by atoms with Crippen molar-refractivity contribution < 1.29 is 19.1 Å². The SMILES string of the molecule is CCOC(=O)c1sc(-c2cn(C(=O)OCC3c4ccccc4-c4ccccc43)c3ccccc23)nc1C. The monoisotopic (exact) mass is 508 g/mol. The van der Waals surface area contributed by atoms with Crippen LogP contribution in [0, 0.1) is 6.92 Å². The molecule has 6 rings (SSSR count). The number of hydrogen-bond acceptors (Lipinski definition) is 6. The lowest BCUT2D eigenvalue weighted by Crippen LogP contribution is -2.17. The largest absolute Gasteiger partial charge is 0.462 e. The van der Waals surface area contributed by atoms with Gasteiger partial charge in [0.15, 0.2) is 0 Å². The van der Waals surface area contributed by atoms with Crippen molar-refractivity contribution in [2.75, 3.05) is 13.2 Å². The molecule has 0 saturated carbocycles. The number of thiazole rings is 1. The fourth-order valence-electron chi connectivity index (χ4n) is 5.06. The third kappa shape index (κ3) is 3.92. The van der Waals surface area contributed by atoms with E-state index in [4.69, 9.17) is 9.47 Å². The maximum Gasteiger partial charge on any atom is 0.418 e. The van der Waals surface area contributed by atoms with E-state index in [1.807, 2.05) is 48.5 Å². The number of ether oxygens (including phenoxy) is 2. The Bertz CT molecular complexity index is 1620. The number of aryl methyl sites for hydroxylation is 1. The van der Waals surface area contributed by atoms with Gasteiger partial charge in [0.05, 0.1) is 17.8 Å². The Kier molecular flexibility index (Phi) is 5.85. The van der Waals surface area contributed by atoms with Gasteiger partial charge in [-0.15, -0.1) is 11.3 Å². The fourth-order valence-corrected chi connectivity index (χ4v) is 6.05. The van der Waals surface area contributed by atoms with E-state index in [2.05, 4.69) is 29.2 Å². The zero-order valence-electron chi connectivity index (χ0n) is 20.4. The molecule has 184 valence electrons. The van der Waals surface area contributed by atoms with Crippen LogP contribution >= 0.6 is 11.3 Å². The minimum absolute atomic E-state index is 0.0219. The van der Waals surface area contributed by atoms with Gasteiger partial charge in [-0.05, 0) is 42.2 Å². The molecule has 0 aliphatic heterocycles. The molecule has 7 heteroatoms. The lowest BCUT2D eigenvalue weighted by atomic mass is 9.98. The second kappa shape index (κ2) is 9.33. The number of carbonyl (C=O) groups excluding carboxylic acids is 2. The molecule has 0 unspecified atom stereocenters. The number of esters is 1. The number of benzene rings is 3. The maximum atomic E-state index is 13.4. The summed E-state index contributed by atoms with van der Waals surface area (Å²) in [5, 5.41) is 1.52. The van der Waals surface area contributed by atoms with Crippen LogP contribution in [0.4, 0.5) is 4.79 Å². The molecule has 5 aromatic rings. The Labute approximate surface area is 218 Å². The first kappa shape index (κ1) is 23.2. The smallest absolute Gasteiger partial charge is 0.418 e. The minimum Gasteiger partial charge on any atom is -0.462 e. The van der Waals surface area contributed by atoms with Crippen LogP contribution in [-0.2, 0) is 9.47 Å². The molecule has 0 N–H and O–H groups in total. The number of para-hydroxylation sites is 1. The topological polar surface area (TPSA) is 70.4 Å². The zero-order valence-corrected chi connectivity index (χ0v) is 21.2. The number of fused-ring (bicyclic) bond motifs is 4. The third-order valence-electron chi connectivity index (χ3n) is 6.73. The van der Waals surface area contributed by atoms with E-state index in [1.165, 1.54) is 38.2 Å². The summed E-state index contributed by atoms with van der Waals surface area (Å²) in [6, 6.07) is 24.2. The van der Waals surface area contributed by atoms with Crippen molar-refractivity contribution in [3.05, 3.63) is 101 Å². The van der Waals surface area contributed by atoms with Gasteiger partial charge in [-0.1, -0.05) is 66.7 Å². The Balaban J connectivity index is 1.32. The lowest BCUT2D eigenvalue weighted by molar-refractivity contribution is 0.0531. The van der Waals surface area contributed by atoms with Gasteiger partial charge in [-0.2, -0.15) is 0 Å². The van der Waals surface area contributed by atoms with Crippen LogP contribution in [0.1, 0.15) is 39.3 Å². The third-order valence-corrected chi connectivity index (χ3v) is 7.90. The highest BCUT2D eigenvalue weighted by molar-refractivity contribution is 7.17. The molecule has 1 aliphatic carbocycles. The van der Waals surface area contributed by atoms with Crippen molar-refractivity contribution in [3.63, 3.8) is 0 Å². The molecule has 0 atom stereocenters. The predicted molar refractivity (Wildman–Crippen MR) is 144 cm³/mol. The van der Waals surface area contributed by atoms with Gasteiger partial charge in [0.2, 0.25) is 0 Å². The molecule has 0 amide bonds. The lowest BCUT2D eigenvalue weighted by Gasteiger charge is -2.14. The van der Waals surface area contributed by atoms with Crippen LogP contribution in [0.3, 0.4) is 0 Å². The summed E-state index contributed by atoms with van der Waals surface area (Å²) in [5.41, 5.74) is 6.80. The molecule has 0 bridgehead atoms. The zero-order chi connectivity index (χ0) is 25.5. The standard InChI is InChI=1S/C30H24N2O4S/c1-3-35-29(33)27-18(2)31-28(37-27)24-16-32(26-15-9-8-14-23(24)26)30(34)36-17-25-21-12-6-4-10-19(21)20-11-5-7-13-22(20)25/h4-16,25H,3,17H2,1-2H3. The predicted octanol–water partition coefficient (Wildman–Crippen LogP) is 7.05. The normalized spacial score (nSPS) is 12.4. The summed E-state index contributed by atoms with van der Waals surface area (Å²) < 4.78 is 12.6. The van der Waals surface area contributed by atoms with Crippen LogP contribution in [-0.4, -0.2) is 34.8 Å². The molecule has 2 heterocycles. The van der Waals surface area contributed by atoms with E-state index in [0.717, 1.165) is 16.5 Å². The van der Waals surface area contributed by atoms with Crippen molar-refractivity contribution in [1.82, 2.24) is 9.55 Å². The molecule has 0 spiro atoms. The molecule has 0 saturated heterocycles. The minimum atomic E-state index is -0.455. The number of nitrogens with zero attached hydrogens (tertiary/aromatic N) is 2. The highest BCUT2D eigenvalue weighted by Gasteiger charge is 2.29. The van der Waals surface area contributed by atoms with Crippen molar-refractivity contribution in [1.29, 1.82) is 0 Å². The number of hydrogen-bond donors (Lipinski definition) is 0. The summed E-state index contributed by atoms with van der Waals surface area (Å²) in [7, 11) is 0. The summed E-state index contributed by atoms with van der Waals surface area (Å²) in [6.45, 7) is 4.10. The average molecular weight is 509 g/mol. The molecule has 2 aromatic heterocycles. The van der Waals surface area contributed by atoms with Gasteiger partial charge in [-0.25, -0.2) is 14.6 Å². The molecule has 1 aliphatic rings. The van der Waals surface area contributed by atoms with E-state index in [9.17, 15) is 9.59 Å². The Hall–Kier alpha value is -4.23. The van der Waals surface area contributed by atoms with Crippen LogP contribution in [0.15, 0.2) is 79.0 Å². The highest BCUT2D eigenvalue weighted by atomic mass is 32.1. The van der Waals surface area contributed by atoms with Gasteiger partial charge in [0.25, 0.3) is 0 Å². The molecular weight excluding hydrogens is 484 g/mol. The van der Waals surface area contributed by atoms with E-state index in [1.54, 1.807) is 20.0 Å². The molecule has 0 fully saturated rings. The highest BCUT2D eigenvalue weighted by Crippen LogP contribution is 2.44. The maximum absolute atomic E-state index is 13.4. The summed E-state index contributed by atoms with van der Waals surface area (Å²) in [6.07, 6.45) is 1.29. The van der Waals surface area contributed by atoms with Gasteiger partial charge >= 0.3 is 12.1 Å². The summed E-state index contributed by atoms with van der Waals surface area (Å²) in [5.74, 6) is -0.407. The molecule has 6 nitrogen and oxygen atoms in total. The van der Waals surface area contributed by atoms with Gasteiger partial charge in [0, 0.05) is 23.1 Å². The first-order valence-electron chi connectivity index (χ1n) is 12.2. The van der Waals surface area contributed by atoms with Crippen molar-refractivity contribution in [2.24, 2.45) is 0 Å². The molecule has 0 radical (unpaired) electrons. The summed E-state index contributed by atoms with van der Waals surface area (Å²) >= 11 is 1.27. The van der Waals surface area contributed by atoms with Gasteiger partial charge in [-0.3, -0.25) is 4.57 Å². The van der Waals surface area contributed by atoms with Crippen molar-refractivity contribution in [3.8, 4) is 21.7 Å². The molecule has 3 aromatic carbocycles. The summed E-state index contributed by atoms with van der Waals surface area (Å²) in [4.78, 5) is 30.8. The van der Waals surface area contributed by atoms with Crippen molar-refractivity contribution >= 4 is 34.3 Å². The number of aromatic nitrogens is 2. The quantitative estimate of drug-likeness (QED) is 0.238. The second-order valence-corrected chi connectivity index (χ2v) is 9.89. The van der Waals surface area contributed by atoms with Crippen LogP contribution in [0.2, 0.25) is 0 Å². The second-order valence-electron chi connectivity index (χ2n) is 8.89. The van der Waals surface area contributed by atoms with E-state index >= 15 is 0 Å². The van der Waals surface area contributed by atoms with Gasteiger partial charge in [0.1, 0.15) is 16.5 Å². The Morgan fingerprint density at radius 2 is 1.54 bits per heavy atom. The van der Waals surface area contributed by atoms with Crippen LogP contribution < -0.4 is 0 Å². The number of carbonyl (C=O) groups is 2. The Morgan fingerprint density at radius 1 is 0.892 bits per heavy atom. The van der Waals surface area contributed by atoms with Crippen LogP contribution in [0.5, 0.6) is 0 Å². The van der Waals surface area contributed by atoms with Crippen molar-refractivity contribution in [2.45, 2.75) is 19.8 Å². The Morgan fingerprint density at radius 3 is 2.24 bits per heavy atom. The van der Waals surface area contributed by atoms with Gasteiger partial charge < -0.3 is 9.47 Å². The average Bonchev–Trinajstić information content (AvgIpc) is 3.59. The fraction of sp³-hybridized carbons (Fsp3) is 0.167. The first-order chi connectivity index (χ1) is 18.1. The molecule has 37 heavy (non-hydrogen) atoms. The first-order valence-corrected chi connectivity index (χ1v) is 13.0. The van der Waals surface area contributed by atoms with E-state index in [0.29, 0.717) is 22.2 Å². The molecular formula is C30H24N2O4S. The van der Waals surface area contributed by atoms with E-state index < -0.39 is 6.09 Å². The number of rotatable bonds is 5. The van der Waals surface area contributed by atoms with E-state index in [-0.39, 0.29) is 18.5 Å². The van der Waals surface area contributed by atoms with Crippen LogP contribution in [0.25, 0.3) is 32.6 Å².